The van der Waals surface area contributed by atoms with Crippen LogP contribution < -0.4 is 5.32 Å². The standard InChI is InChI=1S/C12H9BrFNOS2/c13-7-3-9(18-6-7)5-15-12(16)10-4-8(17)1-2-11(10)14/h1-4,6,17H,5H2,(H,15,16). The normalized spacial score (nSPS) is 10.4. The van der Waals surface area contributed by atoms with Gasteiger partial charge in [-0.15, -0.1) is 24.0 Å². The van der Waals surface area contributed by atoms with Crippen LogP contribution in [-0.2, 0) is 6.54 Å². The minimum Gasteiger partial charge on any atom is -0.347 e. The van der Waals surface area contributed by atoms with E-state index in [1.54, 1.807) is 0 Å². The van der Waals surface area contributed by atoms with E-state index in [4.69, 9.17) is 0 Å². The van der Waals surface area contributed by atoms with Crippen molar-refractivity contribution >= 4 is 45.8 Å². The fraction of sp³-hybridized carbons (Fsp3) is 0.0833. The van der Waals surface area contributed by atoms with Gasteiger partial charge < -0.3 is 5.32 Å². The first-order chi connectivity index (χ1) is 8.56. The molecule has 1 amide bonds. The number of hydrogen-bond donors (Lipinski definition) is 2. The number of halogens is 2. The molecule has 0 bridgehead atoms. The van der Waals surface area contributed by atoms with Gasteiger partial charge in [0, 0.05) is 19.6 Å². The molecular formula is C12H9BrFNOS2. The molecule has 2 aromatic rings. The minimum atomic E-state index is -0.544. The lowest BCUT2D eigenvalue weighted by molar-refractivity contribution is 0.0947. The SMILES string of the molecule is O=C(NCc1cc(Br)cs1)c1cc(S)ccc1F. The highest BCUT2D eigenvalue weighted by atomic mass is 79.9. The molecule has 94 valence electrons. The Bertz CT molecular complexity index is 585. The maximum Gasteiger partial charge on any atom is 0.254 e. The second-order valence-corrected chi connectivity index (χ2v) is 6.01. The summed E-state index contributed by atoms with van der Waals surface area (Å²) in [6.45, 7) is 0.380. The van der Waals surface area contributed by atoms with Gasteiger partial charge in [-0.25, -0.2) is 4.39 Å². The molecule has 0 aliphatic rings. The molecule has 0 unspecified atom stereocenters. The number of nitrogens with one attached hydrogen (secondary N) is 1. The van der Waals surface area contributed by atoms with Crippen LogP contribution >= 0.6 is 39.9 Å². The summed E-state index contributed by atoms with van der Waals surface area (Å²) < 4.78 is 14.4. The number of amides is 1. The fourth-order valence-electron chi connectivity index (χ4n) is 1.40. The van der Waals surface area contributed by atoms with Gasteiger partial charge in [-0.2, -0.15) is 0 Å². The molecule has 1 aromatic carbocycles. The third-order valence-corrected chi connectivity index (χ3v) is 4.22. The zero-order valence-electron chi connectivity index (χ0n) is 9.11. The monoisotopic (exact) mass is 345 g/mol. The summed E-state index contributed by atoms with van der Waals surface area (Å²) in [4.78, 5) is 13.4. The first-order valence-electron chi connectivity index (χ1n) is 5.06. The van der Waals surface area contributed by atoms with Crippen LogP contribution in [0.15, 0.2) is 39.0 Å². The molecule has 0 saturated carbocycles. The molecule has 18 heavy (non-hydrogen) atoms. The highest BCUT2D eigenvalue weighted by Gasteiger charge is 2.11. The molecule has 2 rings (SSSR count). The number of thiol groups is 1. The Kier molecular flexibility index (Phi) is 4.42. The van der Waals surface area contributed by atoms with E-state index in [1.165, 1.54) is 29.5 Å². The Balaban J connectivity index is 2.05. The summed E-state index contributed by atoms with van der Waals surface area (Å²) in [6, 6.07) is 6.07. The molecule has 0 fully saturated rings. The first kappa shape index (κ1) is 13.6. The quantitative estimate of drug-likeness (QED) is 0.812. The molecule has 1 heterocycles. The van der Waals surface area contributed by atoms with Crippen molar-refractivity contribution in [2.45, 2.75) is 11.4 Å². The van der Waals surface area contributed by atoms with Crippen molar-refractivity contribution in [3.63, 3.8) is 0 Å². The maximum atomic E-state index is 13.5. The van der Waals surface area contributed by atoms with E-state index in [0.717, 1.165) is 9.35 Å². The number of thiophene rings is 1. The minimum absolute atomic E-state index is 0.0121. The van der Waals surface area contributed by atoms with Gasteiger partial charge in [0.15, 0.2) is 0 Å². The summed E-state index contributed by atoms with van der Waals surface area (Å²) >= 11 is 8.94. The predicted octanol–water partition coefficient (Wildman–Crippen LogP) is 3.87. The second kappa shape index (κ2) is 5.86. The highest BCUT2D eigenvalue weighted by molar-refractivity contribution is 9.10. The zero-order valence-corrected chi connectivity index (χ0v) is 12.4. The number of rotatable bonds is 3. The topological polar surface area (TPSA) is 29.1 Å². The van der Waals surface area contributed by atoms with E-state index in [-0.39, 0.29) is 5.56 Å². The third kappa shape index (κ3) is 3.34. The molecule has 0 aliphatic carbocycles. The van der Waals surface area contributed by atoms with E-state index in [0.29, 0.717) is 11.4 Å². The largest absolute Gasteiger partial charge is 0.347 e. The van der Waals surface area contributed by atoms with Crippen molar-refractivity contribution in [3.05, 3.63) is 50.4 Å². The number of carbonyl (C=O) groups excluding carboxylic acids is 1. The summed E-state index contributed by atoms with van der Waals surface area (Å²) in [5, 5.41) is 4.60. The van der Waals surface area contributed by atoms with Crippen LogP contribution in [0, 0.1) is 5.82 Å². The van der Waals surface area contributed by atoms with E-state index in [1.807, 2.05) is 11.4 Å². The molecule has 6 heteroatoms. The smallest absolute Gasteiger partial charge is 0.254 e. The number of carbonyl (C=O) groups is 1. The van der Waals surface area contributed by atoms with Crippen molar-refractivity contribution in [3.8, 4) is 0 Å². The Morgan fingerprint density at radius 2 is 2.22 bits per heavy atom. The van der Waals surface area contributed by atoms with Crippen molar-refractivity contribution < 1.29 is 9.18 Å². The second-order valence-electron chi connectivity index (χ2n) is 3.58. The number of benzene rings is 1. The summed E-state index contributed by atoms with van der Waals surface area (Å²) in [5.74, 6) is -0.981. The molecule has 1 N–H and O–H groups in total. The van der Waals surface area contributed by atoms with Crippen LogP contribution in [0.5, 0.6) is 0 Å². The van der Waals surface area contributed by atoms with Gasteiger partial charge in [0.25, 0.3) is 5.91 Å². The zero-order chi connectivity index (χ0) is 13.1. The third-order valence-electron chi connectivity index (χ3n) is 2.24. The van der Waals surface area contributed by atoms with Gasteiger partial charge in [0.05, 0.1) is 12.1 Å². The van der Waals surface area contributed by atoms with E-state index in [2.05, 4.69) is 33.9 Å². The molecule has 0 spiro atoms. The van der Waals surface area contributed by atoms with Crippen LogP contribution in [0.25, 0.3) is 0 Å². The molecule has 0 saturated heterocycles. The lowest BCUT2D eigenvalue weighted by Gasteiger charge is -2.05. The van der Waals surface area contributed by atoms with Crippen molar-refractivity contribution in [2.24, 2.45) is 0 Å². The first-order valence-corrected chi connectivity index (χ1v) is 7.18. The molecule has 0 aliphatic heterocycles. The van der Waals surface area contributed by atoms with E-state index < -0.39 is 11.7 Å². The van der Waals surface area contributed by atoms with E-state index >= 15 is 0 Å². The van der Waals surface area contributed by atoms with Crippen LogP contribution in [0.4, 0.5) is 4.39 Å². The average molecular weight is 346 g/mol. The van der Waals surface area contributed by atoms with Crippen LogP contribution in [-0.4, -0.2) is 5.91 Å². The van der Waals surface area contributed by atoms with Gasteiger partial charge in [0.1, 0.15) is 5.82 Å². The highest BCUT2D eigenvalue weighted by Crippen LogP contribution is 2.20. The molecule has 2 nitrogen and oxygen atoms in total. The summed E-state index contributed by atoms with van der Waals surface area (Å²) in [7, 11) is 0. The fourth-order valence-corrected chi connectivity index (χ4v) is 2.99. The van der Waals surface area contributed by atoms with Crippen LogP contribution in [0.2, 0.25) is 0 Å². The molecule has 0 atom stereocenters. The van der Waals surface area contributed by atoms with Gasteiger partial charge >= 0.3 is 0 Å². The lowest BCUT2D eigenvalue weighted by Crippen LogP contribution is -2.23. The Morgan fingerprint density at radius 3 is 2.89 bits per heavy atom. The van der Waals surface area contributed by atoms with Crippen molar-refractivity contribution in [1.82, 2.24) is 5.32 Å². The molecule has 0 radical (unpaired) electrons. The number of hydrogen-bond acceptors (Lipinski definition) is 3. The predicted molar refractivity (Wildman–Crippen MR) is 76.8 cm³/mol. The Labute approximate surface area is 122 Å². The lowest BCUT2D eigenvalue weighted by atomic mass is 10.2. The molecule has 1 aromatic heterocycles. The van der Waals surface area contributed by atoms with Crippen LogP contribution in [0.3, 0.4) is 0 Å². The van der Waals surface area contributed by atoms with Gasteiger partial charge in [0.2, 0.25) is 0 Å². The average Bonchev–Trinajstić information content (AvgIpc) is 2.75. The van der Waals surface area contributed by atoms with Gasteiger partial charge in [-0.1, -0.05) is 0 Å². The molecular weight excluding hydrogens is 337 g/mol. The van der Waals surface area contributed by atoms with Crippen molar-refractivity contribution in [1.29, 1.82) is 0 Å². The Morgan fingerprint density at radius 1 is 1.44 bits per heavy atom. The van der Waals surface area contributed by atoms with Gasteiger partial charge in [-0.3, -0.25) is 4.79 Å². The van der Waals surface area contributed by atoms with Gasteiger partial charge in [-0.05, 0) is 40.2 Å². The summed E-state index contributed by atoms with van der Waals surface area (Å²) in [6.07, 6.45) is 0. The van der Waals surface area contributed by atoms with Crippen LogP contribution in [0.1, 0.15) is 15.2 Å². The maximum absolute atomic E-state index is 13.5. The van der Waals surface area contributed by atoms with E-state index in [9.17, 15) is 9.18 Å². The Hall–Kier alpha value is -0.850. The van der Waals surface area contributed by atoms with Crippen molar-refractivity contribution in [2.75, 3.05) is 0 Å². The summed E-state index contributed by atoms with van der Waals surface area (Å²) in [5.41, 5.74) is 0.0121.